The van der Waals surface area contributed by atoms with Gasteiger partial charge in [0.2, 0.25) is 0 Å². The Bertz CT molecular complexity index is 814. The van der Waals surface area contributed by atoms with Crippen LogP contribution in [0.2, 0.25) is 10.0 Å². The van der Waals surface area contributed by atoms with Crippen molar-refractivity contribution in [3.8, 4) is 6.07 Å². The van der Waals surface area contributed by atoms with Gasteiger partial charge in [-0.05, 0) is 29.8 Å². The molecular weight excluding hydrogens is 413 g/mol. The van der Waals surface area contributed by atoms with Gasteiger partial charge in [-0.3, -0.25) is 4.79 Å². The van der Waals surface area contributed by atoms with E-state index in [-0.39, 0.29) is 10.6 Å². The molecule has 0 saturated heterocycles. The molecule has 0 aliphatic rings. The van der Waals surface area contributed by atoms with Gasteiger partial charge in [0, 0.05) is 17.2 Å². The standard InChI is InChI=1S/C17H12BrCl2N3O/c18-13-6-4-11(5-7-13)9-22-10-12(8-21)17(24)23-15-3-1-2-14(19)16(15)20/h1-7,10,22H,9H2,(H,23,24)/b12-10-. The lowest BCUT2D eigenvalue weighted by molar-refractivity contribution is -0.112. The Morgan fingerprint density at radius 2 is 1.92 bits per heavy atom. The summed E-state index contributed by atoms with van der Waals surface area (Å²) in [4.78, 5) is 12.1. The van der Waals surface area contributed by atoms with Crippen LogP contribution in [0.4, 0.5) is 5.69 Å². The number of benzene rings is 2. The second-order valence-electron chi connectivity index (χ2n) is 4.73. The summed E-state index contributed by atoms with van der Waals surface area (Å²) in [6.45, 7) is 0.490. The van der Waals surface area contributed by atoms with Crippen molar-refractivity contribution in [1.29, 1.82) is 5.26 Å². The Hall–Kier alpha value is -2.00. The third kappa shape index (κ3) is 5.00. The van der Waals surface area contributed by atoms with Crippen LogP contribution in [-0.4, -0.2) is 5.91 Å². The number of nitriles is 1. The highest BCUT2D eigenvalue weighted by atomic mass is 79.9. The fourth-order valence-electron chi connectivity index (χ4n) is 1.81. The minimum absolute atomic E-state index is 0.0665. The van der Waals surface area contributed by atoms with Crippen LogP contribution in [0.15, 0.2) is 58.7 Å². The molecule has 4 nitrogen and oxygen atoms in total. The highest BCUT2D eigenvalue weighted by molar-refractivity contribution is 9.10. The second kappa shape index (κ2) is 8.74. The largest absolute Gasteiger partial charge is 0.386 e. The minimum Gasteiger partial charge on any atom is -0.386 e. The molecule has 0 radical (unpaired) electrons. The number of hydrogen-bond donors (Lipinski definition) is 2. The van der Waals surface area contributed by atoms with Gasteiger partial charge >= 0.3 is 0 Å². The van der Waals surface area contributed by atoms with Gasteiger partial charge in [0.05, 0.1) is 15.7 Å². The summed E-state index contributed by atoms with van der Waals surface area (Å²) in [6, 6.07) is 14.4. The molecule has 0 bridgehead atoms. The van der Waals surface area contributed by atoms with Crippen molar-refractivity contribution in [3.63, 3.8) is 0 Å². The zero-order valence-electron chi connectivity index (χ0n) is 12.3. The van der Waals surface area contributed by atoms with Crippen molar-refractivity contribution in [2.24, 2.45) is 0 Å². The van der Waals surface area contributed by atoms with Crippen molar-refractivity contribution < 1.29 is 4.79 Å². The summed E-state index contributed by atoms with van der Waals surface area (Å²) in [5.74, 6) is -0.565. The molecular formula is C17H12BrCl2N3O. The summed E-state index contributed by atoms with van der Waals surface area (Å²) in [5, 5.41) is 15.2. The minimum atomic E-state index is -0.565. The van der Waals surface area contributed by atoms with Crippen LogP contribution in [0.3, 0.4) is 0 Å². The molecule has 0 fully saturated rings. The maximum atomic E-state index is 12.1. The third-order valence-electron chi connectivity index (χ3n) is 3.03. The molecule has 2 rings (SSSR count). The van der Waals surface area contributed by atoms with Gasteiger partial charge in [0.1, 0.15) is 11.6 Å². The molecule has 0 heterocycles. The van der Waals surface area contributed by atoms with Gasteiger partial charge in [0.25, 0.3) is 5.91 Å². The number of nitrogens with one attached hydrogen (secondary N) is 2. The Balaban J connectivity index is 2.01. The van der Waals surface area contributed by atoms with E-state index in [0.717, 1.165) is 10.0 Å². The van der Waals surface area contributed by atoms with E-state index in [0.29, 0.717) is 17.3 Å². The second-order valence-corrected chi connectivity index (χ2v) is 6.43. The van der Waals surface area contributed by atoms with Gasteiger partial charge in [-0.15, -0.1) is 0 Å². The molecule has 0 aromatic heterocycles. The van der Waals surface area contributed by atoms with Gasteiger partial charge in [-0.2, -0.15) is 5.26 Å². The highest BCUT2D eigenvalue weighted by Gasteiger charge is 2.12. The molecule has 1 amide bonds. The number of amides is 1. The molecule has 24 heavy (non-hydrogen) atoms. The number of rotatable bonds is 5. The molecule has 2 aromatic carbocycles. The predicted molar refractivity (Wildman–Crippen MR) is 99.8 cm³/mol. The molecule has 0 unspecified atom stereocenters. The van der Waals surface area contributed by atoms with Gasteiger partial charge in [0.15, 0.2) is 0 Å². The van der Waals surface area contributed by atoms with Crippen LogP contribution in [0.1, 0.15) is 5.56 Å². The highest BCUT2D eigenvalue weighted by Crippen LogP contribution is 2.29. The van der Waals surface area contributed by atoms with Crippen LogP contribution in [0.25, 0.3) is 0 Å². The van der Waals surface area contributed by atoms with Crippen LogP contribution < -0.4 is 10.6 Å². The number of carbonyl (C=O) groups is 1. The number of halogens is 3. The number of anilines is 1. The first-order valence-electron chi connectivity index (χ1n) is 6.84. The average molecular weight is 425 g/mol. The number of carbonyl (C=O) groups excluding carboxylic acids is 1. The molecule has 0 atom stereocenters. The smallest absolute Gasteiger partial charge is 0.267 e. The lowest BCUT2D eigenvalue weighted by Crippen LogP contribution is -2.16. The molecule has 7 heteroatoms. The normalized spacial score (nSPS) is 10.8. The SMILES string of the molecule is N#C/C(=C/NCc1ccc(Br)cc1)C(=O)Nc1cccc(Cl)c1Cl. The molecule has 122 valence electrons. The van der Waals surface area contributed by atoms with E-state index < -0.39 is 5.91 Å². The summed E-state index contributed by atoms with van der Waals surface area (Å²) < 4.78 is 0.984. The summed E-state index contributed by atoms with van der Waals surface area (Å²) in [7, 11) is 0. The van der Waals surface area contributed by atoms with Crippen molar-refractivity contribution in [2.75, 3.05) is 5.32 Å². The van der Waals surface area contributed by atoms with Crippen molar-refractivity contribution >= 4 is 50.7 Å². The topological polar surface area (TPSA) is 64.9 Å². The lowest BCUT2D eigenvalue weighted by atomic mass is 10.2. The molecule has 2 N–H and O–H groups in total. The first-order valence-corrected chi connectivity index (χ1v) is 8.39. The molecule has 0 spiro atoms. The van der Waals surface area contributed by atoms with E-state index in [4.69, 9.17) is 28.5 Å². The van der Waals surface area contributed by atoms with Crippen molar-refractivity contribution in [3.05, 3.63) is 74.3 Å². The fourth-order valence-corrected chi connectivity index (χ4v) is 2.42. The first kappa shape index (κ1) is 18.3. The molecule has 0 aliphatic carbocycles. The van der Waals surface area contributed by atoms with Crippen LogP contribution in [0, 0.1) is 11.3 Å². The molecule has 0 aliphatic heterocycles. The van der Waals surface area contributed by atoms with Crippen LogP contribution in [-0.2, 0) is 11.3 Å². The molecule has 0 saturated carbocycles. The number of nitrogens with zero attached hydrogens (tertiary/aromatic N) is 1. The van der Waals surface area contributed by atoms with E-state index in [9.17, 15) is 4.79 Å². The van der Waals surface area contributed by atoms with E-state index in [1.807, 2.05) is 30.3 Å². The van der Waals surface area contributed by atoms with Crippen molar-refractivity contribution in [2.45, 2.75) is 6.54 Å². The zero-order chi connectivity index (χ0) is 17.5. The predicted octanol–water partition coefficient (Wildman–Crippen LogP) is 4.89. The van der Waals surface area contributed by atoms with E-state index in [1.165, 1.54) is 6.20 Å². The van der Waals surface area contributed by atoms with Crippen molar-refractivity contribution in [1.82, 2.24) is 5.32 Å². The number of hydrogen-bond acceptors (Lipinski definition) is 3. The Morgan fingerprint density at radius 1 is 1.21 bits per heavy atom. The van der Waals surface area contributed by atoms with Crippen LogP contribution >= 0.6 is 39.1 Å². The average Bonchev–Trinajstić information content (AvgIpc) is 2.57. The van der Waals surface area contributed by atoms with Crippen LogP contribution in [0.5, 0.6) is 0 Å². The fraction of sp³-hybridized carbons (Fsp3) is 0.0588. The maximum Gasteiger partial charge on any atom is 0.267 e. The van der Waals surface area contributed by atoms with Gasteiger partial charge < -0.3 is 10.6 Å². The van der Waals surface area contributed by atoms with E-state index in [1.54, 1.807) is 18.2 Å². The first-order chi connectivity index (χ1) is 11.5. The quantitative estimate of drug-likeness (QED) is 0.530. The maximum absolute atomic E-state index is 12.1. The summed E-state index contributed by atoms with van der Waals surface area (Å²) in [6.07, 6.45) is 1.37. The van der Waals surface area contributed by atoms with Gasteiger partial charge in [-0.1, -0.05) is 57.3 Å². The summed E-state index contributed by atoms with van der Waals surface area (Å²) >= 11 is 15.3. The summed E-state index contributed by atoms with van der Waals surface area (Å²) in [5.41, 5.74) is 1.30. The van der Waals surface area contributed by atoms with E-state index >= 15 is 0 Å². The Kier molecular flexibility index (Phi) is 6.68. The Morgan fingerprint density at radius 3 is 2.58 bits per heavy atom. The molecule has 2 aromatic rings. The third-order valence-corrected chi connectivity index (χ3v) is 4.38. The lowest BCUT2D eigenvalue weighted by Gasteiger charge is -2.08. The monoisotopic (exact) mass is 423 g/mol. The zero-order valence-corrected chi connectivity index (χ0v) is 15.4. The van der Waals surface area contributed by atoms with Gasteiger partial charge in [-0.25, -0.2) is 0 Å². The van der Waals surface area contributed by atoms with E-state index in [2.05, 4.69) is 26.6 Å². The Labute approximate surface area is 158 Å².